The highest BCUT2D eigenvalue weighted by atomic mass is 35.5. The van der Waals surface area contributed by atoms with Crippen LogP contribution in [0.5, 0.6) is 0 Å². The van der Waals surface area contributed by atoms with Crippen molar-refractivity contribution in [3.05, 3.63) is 59.7 Å². The van der Waals surface area contributed by atoms with Crippen LogP contribution in [0.25, 0.3) is 11.5 Å². The SMILES string of the molecule is O=C(CCc1nnc(-c2cccnc2)o1)N1CCN(c2cccc(Cl)c2)CC1. The second-order valence-corrected chi connectivity index (χ2v) is 7.03. The Hall–Kier alpha value is -2.93. The minimum atomic E-state index is 0.104. The van der Waals surface area contributed by atoms with E-state index < -0.39 is 0 Å². The number of pyridine rings is 1. The Morgan fingerprint density at radius 3 is 2.71 bits per heavy atom. The lowest BCUT2D eigenvalue weighted by atomic mass is 10.2. The molecule has 1 aromatic carbocycles. The highest BCUT2D eigenvalue weighted by Crippen LogP contribution is 2.21. The van der Waals surface area contributed by atoms with Crippen molar-refractivity contribution < 1.29 is 9.21 Å². The number of carbonyl (C=O) groups is 1. The number of anilines is 1. The van der Waals surface area contributed by atoms with Crippen LogP contribution in [0, 0.1) is 0 Å². The fourth-order valence-electron chi connectivity index (χ4n) is 3.22. The summed E-state index contributed by atoms with van der Waals surface area (Å²) < 4.78 is 5.64. The highest BCUT2D eigenvalue weighted by molar-refractivity contribution is 6.30. The quantitative estimate of drug-likeness (QED) is 0.658. The van der Waals surface area contributed by atoms with Crippen LogP contribution >= 0.6 is 11.6 Å². The number of nitrogens with zero attached hydrogens (tertiary/aromatic N) is 5. The molecule has 144 valence electrons. The molecule has 3 aromatic rings. The van der Waals surface area contributed by atoms with Crippen molar-refractivity contribution in [3.63, 3.8) is 0 Å². The molecule has 0 atom stereocenters. The summed E-state index contributed by atoms with van der Waals surface area (Å²) in [7, 11) is 0. The van der Waals surface area contributed by atoms with E-state index in [1.807, 2.05) is 41.3 Å². The molecule has 1 aliphatic rings. The Balaban J connectivity index is 1.28. The molecule has 28 heavy (non-hydrogen) atoms. The summed E-state index contributed by atoms with van der Waals surface area (Å²) in [4.78, 5) is 20.7. The van der Waals surface area contributed by atoms with Gasteiger partial charge in [-0.25, -0.2) is 0 Å². The van der Waals surface area contributed by atoms with Crippen LogP contribution in [0.15, 0.2) is 53.2 Å². The lowest BCUT2D eigenvalue weighted by Gasteiger charge is -2.36. The van der Waals surface area contributed by atoms with Gasteiger partial charge in [-0.05, 0) is 30.3 Å². The Morgan fingerprint density at radius 2 is 1.96 bits per heavy atom. The molecule has 2 aromatic heterocycles. The van der Waals surface area contributed by atoms with Gasteiger partial charge in [0.1, 0.15) is 0 Å². The van der Waals surface area contributed by atoms with Gasteiger partial charge in [-0.15, -0.1) is 10.2 Å². The van der Waals surface area contributed by atoms with Crippen molar-refractivity contribution in [2.45, 2.75) is 12.8 Å². The number of benzene rings is 1. The van der Waals surface area contributed by atoms with E-state index in [-0.39, 0.29) is 5.91 Å². The Labute approximate surface area is 168 Å². The molecule has 0 radical (unpaired) electrons. The second-order valence-electron chi connectivity index (χ2n) is 6.59. The number of aryl methyl sites for hydroxylation is 1. The predicted molar refractivity (Wildman–Crippen MR) is 106 cm³/mol. The van der Waals surface area contributed by atoms with Crippen molar-refractivity contribution in [2.24, 2.45) is 0 Å². The first kappa shape index (κ1) is 18.4. The second kappa shape index (κ2) is 8.39. The lowest BCUT2D eigenvalue weighted by Crippen LogP contribution is -2.48. The normalized spacial score (nSPS) is 14.3. The van der Waals surface area contributed by atoms with Crippen molar-refractivity contribution in [2.75, 3.05) is 31.1 Å². The van der Waals surface area contributed by atoms with Gasteiger partial charge in [-0.1, -0.05) is 17.7 Å². The molecule has 0 saturated carbocycles. The predicted octanol–water partition coefficient (Wildman–Crippen LogP) is 3.07. The Morgan fingerprint density at radius 1 is 1.11 bits per heavy atom. The molecule has 0 aliphatic carbocycles. The average Bonchev–Trinajstić information content (AvgIpc) is 3.22. The zero-order valence-electron chi connectivity index (χ0n) is 15.3. The molecule has 0 N–H and O–H groups in total. The number of carbonyl (C=O) groups excluding carboxylic acids is 1. The van der Waals surface area contributed by atoms with Gasteiger partial charge in [-0.3, -0.25) is 9.78 Å². The molecule has 1 saturated heterocycles. The number of rotatable bonds is 5. The number of hydrogen-bond donors (Lipinski definition) is 0. The van der Waals surface area contributed by atoms with E-state index in [2.05, 4.69) is 20.1 Å². The van der Waals surface area contributed by atoms with Crippen LogP contribution in [-0.2, 0) is 11.2 Å². The molecule has 1 aliphatic heterocycles. The third-order valence-electron chi connectivity index (χ3n) is 4.73. The number of aromatic nitrogens is 3. The van der Waals surface area contributed by atoms with Crippen molar-refractivity contribution in [3.8, 4) is 11.5 Å². The molecule has 0 bridgehead atoms. The monoisotopic (exact) mass is 397 g/mol. The zero-order chi connectivity index (χ0) is 19.3. The maximum atomic E-state index is 12.5. The van der Waals surface area contributed by atoms with Crippen LogP contribution in [0.3, 0.4) is 0 Å². The first-order chi connectivity index (χ1) is 13.7. The molecule has 8 heteroatoms. The number of hydrogen-bond acceptors (Lipinski definition) is 6. The molecule has 7 nitrogen and oxygen atoms in total. The van der Waals surface area contributed by atoms with Crippen LogP contribution in [-0.4, -0.2) is 52.2 Å². The van der Waals surface area contributed by atoms with Crippen molar-refractivity contribution in [1.29, 1.82) is 0 Å². The lowest BCUT2D eigenvalue weighted by molar-refractivity contribution is -0.131. The Bertz CT molecular complexity index is 939. The van der Waals surface area contributed by atoms with E-state index in [1.165, 1.54) is 0 Å². The summed E-state index contributed by atoms with van der Waals surface area (Å²) in [6.45, 7) is 2.96. The van der Waals surface area contributed by atoms with Crippen molar-refractivity contribution >= 4 is 23.2 Å². The summed E-state index contributed by atoms with van der Waals surface area (Å²) >= 11 is 6.07. The van der Waals surface area contributed by atoms with Gasteiger partial charge >= 0.3 is 0 Å². The van der Waals surface area contributed by atoms with Gasteiger partial charge < -0.3 is 14.2 Å². The smallest absolute Gasteiger partial charge is 0.249 e. The standard InChI is InChI=1S/C20H20ClN5O2/c21-16-4-1-5-17(13-16)25-9-11-26(12-10-25)19(27)7-6-18-23-24-20(28-18)15-3-2-8-22-14-15/h1-5,8,13-14H,6-7,9-12H2. The third kappa shape index (κ3) is 4.31. The van der Waals surface area contributed by atoms with Crippen LogP contribution < -0.4 is 4.90 Å². The Kier molecular flexibility index (Phi) is 5.53. The molecule has 3 heterocycles. The summed E-state index contributed by atoms with van der Waals surface area (Å²) in [5, 5.41) is 8.79. The van der Waals surface area contributed by atoms with Crippen LogP contribution in [0.1, 0.15) is 12.3 Å². The molecular weight excluding hydrogens is 378 g/mol. The molecule has 4 rings (SSSR count). The van der Waals surface area contributed by atoms with Gasteiger partial charge in [-0.2, -0.15) is 0 Å². The third-order valence-corrected chi connectivity index (χ3v) is 4.97. The zero-order valence-corrected chi connectivity index (χ0v) is 16.0. The van der Waals surface area contributed by atoms with Crippen LogP contribution in [0.2, 0.25) is 5.02 Å². The molecule has 0 spiro atoms. The number of amides is 1. The molecular formula is C20H20ClN5O2. The number of halogens is 1. The van der Waals surface area contributed by atoms with E-state index in [4.69, 9.17) is 16.0 Å². The van der Waals surface area contributed by atoms with Gasteiger partial charge in [0, 0.05) is 62.1 Å². The largest absolute Gasteiger partial charge is 0.421 e. The summed E-state index contributed by atoms with van der Waals surface area (Å²) in [6.07, 6.45) is 4.14. The number of piperazine rings is 1. The van der Waals surface area contributed by atoms with E-state index in [1.54, 1.807) is 12.4 Å². The summed E-state index contributed by atoms with van der Waals surface area (Å²) in [6, 6.07) is 11.5. The average molecular weight is 398 g/mol. The topological polar surface area (TPSA) is 75.4 Å². The highest BCUT2D eigenvalue weighted by Gasteiger charge is 2.22. The first-order valence-electron chi connectivity index (χ1n) is 9.20. The van der Waals surface area contributed by atoms with E-state index in [0.717, 1.165) is 29.4 Å². The van der Waals surface area contributed by atoms with Gasteiger partial charge in [0.15, 0.2) is 0 Å². The van der Waals surface area contributed by atoms with Gasteiger partial charge in [0.25, 0.3) is 0 Å². The maximum absolute atomic E-state index is 12.5. The van der Waals surface area contributed by atoms with E-state index in [0.29, 0.717) is 37.7 Å². The van der Waals surface area contributed by atoms with E-state index in [9.17, 15) is 4.79 Å². The van der Waals surface area contributed by atoms with Crippen molar-refractivity contribution in [1.82, 2.24) is 20.1 Å². The maximum Gasteiger partial charge on any atom is 0.249 e. The molecule has 0 unspecified atom stereocenters. The van der Waals surface area contributed by atoms with Gasteiger partial charge in [0.05, 0.1) is 5.56 Å². The molecule has 1 amide bonds. The minimum absolute atomic E-state index is 0.104. The van der Waals surface area contributed by atoms with Crippen LogP contribution in [0.4, 0.5) is 5.69 Å². The fourth-order valence-corrected chi connectivity index (χ4v) is 3.40. The summed E-state index contributed by atoms with van der Waals surface area (Å²) in [5.74, 6) is 0.988. The van der Waals surface area contributed by atoms with Gasteiger partial charge in [0.2, 0.25) is 17.7 Å². The summed E-state index contributed by atoms with van der Waals surface area (Å²) in [5.41, 5.74) is 1.86. The van der Waals surface area contributed by atoms with E-state index >= 15 is 0 Å². The minimum Gasteiger partial charge on any atom is -0.421 e. The first-order valence-corrected chi connectivity index (χ1v) is 9.58. The fraction of sp³-hybridized carbons (Fsp3) is 0.300. The molecule has 1 fully saturated rings.